The molecule has 12 heavy (non-hydrogen) atoms. The van der Waals surface area contributed by atoms with Crippen LogP contribution in [0.4, 0.5) is 0 Å². The molecule has 0 amide bonds. The van der Waals surface area contributed by atoms with Gasteiger partial charge in [0.1, 0.15) is 6.17 Å². The first-order chi connectivity index (χ1) is 5.49. The van der Waals surface area contributed by atoms with Gasteiger partial charge < -0.3 is 0 Å². The number of hydrogen-bond acceptors (Lipinski definition) is 0. The van der Waals surface area contributed by atoms with Crippen molar-refractivity contribution >= 4 is 18.5 Å². The standard InChI is InChI=1S/C9H15ClNSi/c1-9-6-4-5-7-11(9)8-12(2,3)10/h4-7H,8H2,1-3H3/q+1. The Morgan fingerprint density at radius 1 is 1.42 bits per heavy atom. The lowest BCUT2D eigenvalue weighted by molar-refractivity contribution is -0.686. The molecule has 0 atom stereocenters. The Bertz CT molecular complexity index is 267. The number of aromatic nitrogens is 1. The number of nitrogens with zero attached hydrogens (tertiary/aromatic N) is 1. The number of halogens is 1. The van der Waals surface area contributed by atoms with E-state index in [0.717, 1.165) is 6.17 Å². The molecule has 66 valence electrons. The van der Waals surface area contributed by atoms with Crippen LogP contribution in [-0.4, -0.2) is 7.38 Å². The molecule has 0 aliphatic carbocycles. The summed E-state index contributed by atoms with van der Waals surface area (Å²) in [6.07, 6.45) is 3.08. The van der Waals surface area contributed by atoms with Gasteiger partial charge >= 0.3 is 0 Å². The van der Waals surface area contributed by atoms with Gasteiger partial charge in [0.05, 0.1) is 0 Å². The van der Waals surface area contributed by atoms with Gasteiger partial charge in [-0.05, 0) is 0 Å². The molecule has 0 N–H and O–H groups in total. The summed E-state index contributed by atoms with van der Waals surface area (Å²) in [5.74, 6) is 0. The van der Waals surface area contributed by atoms with Crippen molar-refractivity contribution in [2.24, 2.45) is 0 Å². The number of pyridine rings is 1. The molecule has 0 unspecified atom stereocenters. The molecule has 0 saturated carbocycles. The highest BCUT2D eigenvalue weighted by molar-refractivity contribution is 7.18. The normalized spacial score (nSPS) is 11.7. The van der Waals surface area contributed by atoms with Crippen molar-refractivity contribution in [3.05, 3.63) is 30.1 Å². The first-order valence-electron chi connectivity index (χ1n) is 4.13. The molecule has 0 aliphatic heterocycles. The van der Waals surface area contributed by atoms with Crippen LogP contribution < -0.4 is 4.57 Å². The SMILES string of the molecule is Cc1cccc[n+]1C[Si](C)(C)Cl. The van der Waals surface area contributed by atoms with Crippen molar-refractivity contribution in [2.45, 2.75) is 26.2 Å². The molecule has 3 heteroatoms. The van der Waals surface area contributed by atoms with Crippen LogP contribution in [0.1, 0.15) is 5.69 Å². The Morgan fingerprint density at radius 3 is 2.58 bits per heavy atom. The van der Waals surface area contributed by atoms with Gasteiger partial charge in [-0.15, -0.1) is 0 Å². The Labute approximate surface area is 79.7 Å². The van der Waals surface area contributed by atoms with Gasteiger partial charge in [0.15, 0.2) is 11.9 Å². The van der Waals surface area contributed by atoms with E-state index in [1.54, 1.807) is 0 Å². The average Bonchev–Trinajstić information content (AvgIpc) is 1.91. The van der Waals surface area contributed by atoms with Gasteiger partial charge in [-0.2, -0.15) is 11.1 Å². The van der Waals surface area contributed by atoms with Crippen LogP contribution in [0, 0.1) is 6.92 Å². The van der Waals surface area contributed by atoms with E-state index < -0.39 is 7.38 Å². The number of rotatable bonds is 2. The van der Waals surface area contributed by atoms with E-state index in [2.05, 4.69) is 42.9 Å². The minimum absolute atomic E-state index is 0.987. The summed E-state index contributed by atoms with van der Waals surface area (Å²) in [7, 11) is -1.49. The van der Waals surface area contributed by atoms with E-state index in [1.165, 1.54) is 5.69 Å². The third kappa shape index (κ3) is 2.95. The Balaban J connectivity index is 2.83. The van der Waals surface area contributed by atoms with Crippen molar-refractivity contribution in [2.75, 3.05) is 0 Å². The summed E-state index contributed by atoms with van der Waals surface area (Å²) in [6.45, 7) is 6.43. The van der Waals surface area contributed by atoms with Crippen molar-refractivity contribution in [3.63, 3.8) is 0 Å². The van der Waals surface area contributed by atoms with Crippen LogP contribution in [0.15, 0.2) is 24.4 Å². The van der Waals surface area contributed by atoms with Gasteiger partial charge in [0, 0.05) is 19.1 Å². The largest absolute Gasteiger partial charge is 0.224 e. The van der Waals surface area contributed by atoms with Crippen LogP contribution in [-0.2, 0) is 6.17 Å². The van der Waals surface area contributed by atoms with E-state index >= 15 is 0 Å². The minimum Gasteiger partial charge on any atom is -0.205 e. The lowest BCUT2D eigenvalue weighted by Gasteiger charge is -2.08. The molecule has 1 aromatic rings. The van der Waals surface area contributed by atoms with Crippen LogP contribution >= 0.6 is 11.1 Å². The third-order valence-electron chi connectivity index (χ3n) is 1.71. The minimum atomic E-state index is -1.49. The molecule has 1 heterocycles. The maximum Gasteiger partial charge on any atom is 0.224 e. The van der Waals surface area contributed by atoms with Crippen molar-refractivity contribution in [3.8, 4) is 0 Å². The Morgan fingerprint density at radius 2 is 2.08 bits per heavy atom. The topological polar surface area (TPSA) is 3.88 Å². The Hall–Kier alpha value is -0.343. The van der Waals surface area contributed by atoms with Gasteiger partial charge in [-0.3, -0.25) is 0 Å². The zero-order valence-electron chi connectivity index (χ0n) is 7.84. The van der Waals surface area contributed by atoms with Crippen molar-refractivity contribution < 1.29 is 4.57 Å². The molecule has 0 bridgehead atoms. The fraction of sp³-hybridized carbons (Fsp3) is 0.444. The lowest BCUT2D eigenvalue weighted by atomic mass is 10.4. The van der Waals surface area contributed by atoms with Crippen LogP contribution in [0.5, 0.6) is 0 Å². The smallest absolute Gasteiger partial charge is 0.205 e. The second kappa shape index (κ2) is 3.58. The lowest BCUT2D eigenvalue weighted by Crippen LogP contribution is -2.46. The predicted octanol–water partition coefficient (Wildman–Crippen LogP) is 2.27. The molecule has 0 radical (unpaired) electrons. The molecule has 0 saturated heterocycles. The van der Waals surface area contributed by atoms with E-state index in [9.17, 15) is 0 Å². The summed E-state index contributed by atoms with van der Waals surface area (Å²) in [5.41, 5.74) is 1.28. The summed E-state index contributed by atoms with van der Waals surface area (Å²) < 4.78 is 2.22. The van der Waals surface area contributed by atoms with Gasteiger partial charge in [-0.25, -0.2) is 4.57 Å². The summed E-state index contributed by atoms with van der Waals surface area (Å²) in [4.78, 5) is 0. The molecular weight excluding hydrogens is 186 g/mol. The monoisotopic (exact) mass is 200 g/mol. The van der Waals surface area contributed by atoms with Crippen molar-refractivity contribution in [1.82, 2.24) is 0 Å². The zero-order valence-corrected chi connectivity index (χ0v) is 9.60. The van der Waals surface area contributed by atoms with Crippen LogP contribution in [0.2, 0.25) is 13.1 Å². The van der Waals surface area contributed by atoms with E-state index in [-0.39, 0.29) is 0 Å². The highest BCUT2D eigenvalue weighted by atomic mass is 35.6. The quantitative estimate of drug-likeness (QED) is 0.392. The maximum atomic E-state index is 6.26. The fourth-order valence-corrected chi connectivity index (χ4v) is 2.70. The maximum absolute atomic E-state index is 6.26. The molecule has 1 rings (SSSR count). The van der Waals surface area contributed by atoms with Crippen LogP contribution in [0.3, 0.4) is 0 Å². The van der Waals surface area contributed by atoms with Gasteiger partial charge in [0.2, 0.25) is 7.38 Å². The molecule has 0 aromatic carbocycles. The number of hydrogen-bond donors (Lipinski definition) is 0. The second-order valence-electron chi connectivity index (χ2n) is 3.69. The predicted molar refractivity (Wildman–Crippen MR) is 54.7 cm³/mol. The molecular formula is C9H15ClNSi+. The summed E-state index contributed by atoms with van der Waals surface area (Å²) >= 11 is 6.26. The van der Waals surface area contributed by atoms with E-state index in [4.69, 9.17) is 11.1 Å². The first kappa shape index (κ1) is 9.74. The Kier molecular flexibility index (Phi) is 2.91. The molecule has 1 nitrogen and oxygen atoms in total. The fourth-order valence-electron chi connectivity index (χ4n) is 1.14. The highest BCUT2D eigenvalue weighted by Crippen LogP contribution is 2.07. The van der Waals surface area contributed by atoms with Crippen LogP contribution in [0.25, 0.3) is 0 Å². The molecule has 0 aliphatic rings. The molecule has 0 fully saturated rings. The first-order valence-corrected chi connectivity index (χ1v) is 8.35. The summed E-state index contributed by atoms with van der Waals surface area (Å²) in [5, 5.41) is 0. The van der Waals surface area contributed by atoms with E-state index in [1.807, 2.05) is 6.07 Å². The average molecular weight is 201 g/mol. The molecule has 1 aromatic heterocycles. The zero-order chi connectivity index (χ0) is 9.19. The molecule has 0 spiro atoms. The van der Waals surface area contributed by atoms with E-state index in [0.29, 0.717) is 0 Å². The number of aryl methyl sites for hydroxylation is 1. The van der Waals surface area contributed by atoms with Crippen molar-refractivity contribution in [1.29, 1.82) is 0 Å². The highest BCUT2D eigenvalue weighted by Gasteiger charge is 2.24. The third-order valence-corrected chi connectivity index (χ3v) is 3.17. The second-order valence-corrected chi connectivity index (χ2v) is 10.5. The van der Waals surface area contributed by atoms with Gasteiger partial charge in [-0.1, -0.05) is 19.2 Å². The van der Waals surface area contributed by atoms with Gasteiger partial charge in [0.25, 0.3) is 0 Å². The summed E-state index contributed by atoms with van der Waals surface area (Å²) in [6, 6.07) is 6.20.